The Morgan fingerprint density at radius 3 is 2.65 bits per heavy atom. The summed E-state index contributed by atoms with van der Waals surface area (Å²) in [5, 5.41) is 5.37. The first-order valence-corrected chi connectivity index (χ1v) is 7.41. The van der Waals surface area contributed by atoms with Crippen LogP contribution in [0.5, 0.6) is 0 Å². The van der Waals surface area contributed by atoms with Gasteiger partial charge in [-0.25, -0.2) is 0 Å². The Morgan fingerprint density at radius 1 is 1.25 bits per heavy atom. The van der Waals surface area contributed by atoms with E-state index < -0.39 is 0 Å². The molecule has 1 fully saturated rings. The van der Waals surface area contributed by atoms with E-state index in [9.17, 15) is 4.79 Å². The van der Waals surface area contributed by atoms with E-state index in [1.807, 2.05) is 54.8 Å². The molecule has 5 heteroatoms. The maximum Gasteiger partial charge on any atom is 0.281 e. The highest BCUT2D eigenvalue weighted by atomic mass is 32.1. The molecule has 1 aliphatic heterocycles. The minimum Gasteiger partial charge on any atom is -0.327 e. The van der Waals surface area contributed by atoms with Gasteiger partial charge in [-0.05, 0) is 48.8 Å². The average molecular weight is 300 g/mol. The molecule has 20 heavy (non-hydrogen) atoms. The summed E-state index contributed by atoms with van der Waals surface area (Å²) in [5.74, 6) is -0.118. The van der Waals surface area contributed by atoms with Crippen molar-refractivity contribution in [2.24, 2.45) is 0 Å². The number of hydrogen-bond acceptors (Lipinski definition) is 3. The number of nitrogens with one attached hydrogen (secondary N) is 1. The van der Waals surface area contributed by atoms with Gasteiger partial charge in [-0.1, -0.05) is 23.8 Å². The molecular formula is C15H12N2OS2. The third kappa shape index (κ3) is 2.37. The van der Waals surface area contributed by atoms with Gasteiger partial charge in [-0.2, -0.15) is 0 Å². The number of carbonyl (C=O) groups excluding carboxylic acids is 1. The number of rotatable bonds is 2. The Balaban J connectivity index is 1.93. The summed E-state index contributed by atoms with van der Waals surface area (Å²) >= 11 is 6.84. The smallest absolute Gasteiger partial charge is 0.281 e. The van der Waals surface area contributed by atoms with Gasteiger partial charge in [0.05, 0.1) is 5.69 Å². The highest BCUT2D eigenvalue weighted by molar-refractivity contribution is 7.80. The summed E-state index contributed by atoms with van der Waals surface area (Å²) in [5.41, 5.74) is 2.44. The van der Waals surface area contributed by atoms with Crippen molar-refractivity contribution in [3.8, 4) is 0 Å². The summed E-state index contributed by atoms with van der Waals surface area (Å²) in [6.07, 6.45) is 1.83. The van der Waals surface area contributed by atoms with E-state index in [1.54, 1.807) is 11.3 Å². The molecule has 1 aromatic carbocycles. The molecule has 1 aromatic heterocycles. The lowest BCUT2D eigenvalue weighted by molar-refractivity contribution is -0.113. The molecule has 1 N–H and O–H groups in total. The molecule has 0 radical (unpaired) electrons. The van der Waals surface area contributed by atoms with Crippen LogP contribution in [0.1, 0.15) is 10.4 Å². The molecule has 1 amide bonds. The summed E-state index contributed by atoms with van der Waals surface area (Å²) in [7, 11) is 0. The summed E-state index contributed by atoms with van der Waals surface area (Å²) in [6.45, 7) is 2.01. The van der Waals surface area contributed by atoms with Crippen molar-refractivity contribution in [3.63, 3.8) is 0 Å². The van der Waals surface area contributed by atoms with Gasteiger partial charge >= 0.3 is 0 Å². The molecule has 3 nitrogen and oxygen atoms in total. The third-order valence-electron chi connectivity index (χ3n) is 3.00. The molecule has 0 spiro atoms. The predicted molar refractivity (Wildman–Crippen MR) is 86.7 cm³/mol. The van der Waals surface area contributed by atoms with Crippen molar-refractivity contribution in [2.75, 3.05) is 4.90 Å². The SMILES string of the molecule is Cc1ccc(N2C(=O)/C(=C\c3cccs3)NC2=S)cc1. The zero-order valence-corrected chi connectivity index (χ0v) is 12.4. The maximum absolute atomic E-state index is 12.4. The maximum atomic E-state index is 12.4. The normalized spacial score (nSPS) is 16.9. The monoisotopic (exact) mass is 300 g/mol. The first-order chi connectivity index (χ1) is 9.65. The lowest BCUT2D eigenvalue weighted by Gasteiger charge is -2.13. The molecule has 0 bridgehead atoms. The Kier molecular flexibility index (Phi) is 3.38. The zero-order valence-electron chi connectivity index (χ0n) is 10.8. The zero-order chi connectivity index (χ0) is 14.1. The van der Waals surface area contributed by atoms with E-state index in [0.717, 1.165) is 16.1 Å². The van der Waals surface area contributed by atoms with Crippen LogP contribution in [0.15, 0.2) is 47.5 Å². The minimum absolute atomic E-state index is 0.118. The van der Waals surface area contributed by atoms with Crippen LogP contribution in [0.3, 0.4) is 0 Å². The van der Waals surface area contributed by atoms with E-state index in [-0.39, 0.29) is 5.91 Å². The summed E-state index contributed by atoms with van der Waals surface area (Å²) in [4.78, 5) is 15.0. The standard InChI is InChI=1S/C15H12N2OS2/c1-10-4-6-11(7-5-10)17-14(18)13(16-15(17)19)9-12-3-2-8-20-12/h2-9H,1H3,(H,16,19)/b13-9+. The Hall–Kier alpha value is -1.98. The second-order valence-electron chi connectivity index (χ2n) is 4.48. The van der Waals surface area contributed by atoms with E-state index in [0.29, 0.717) is 10.8 Å². The van der Waals surface area contributed by atoms with Crippen molar-refractivity contribution in [2.45, 2.75) is 6.92 Å². The number of amides is 1. The van der Waals surface area contributed by atoms with E-state index >= 15 is 0 Å². The van der Waals surface area contributed by atoms with Crippen molar-refractivity contribution < 1.29 is 4.79 Å². The van der Waals surface area contributed by atoms with E-state index in [4.69, 9.17) is 12.2 Å². The van der Waals surface area contributed by atoms with Crippen molar-refractivity contribution >= 4 is 46.3 Å². The molecule has 2 heterocycles. The van der Waals surface area contributed by atoms with Crippen LogP contribution in [-0.2, 0) is 4.79 Å². The molecule has 0 aliphatic carbocycles. The highest BCUT2D eigenvalue weighted by Crippen LogP contribution is 2.23. The number of thiocarbonyl (C=S) groups is 1. The number of anilines is 1. The van der Waals surface area contributed by atoms with Crippen molar-refractivity contribution in [3.05, 3.63) is 57.9 Å². The Labute approximate surface area is 126 Å². The van der Waals surface area contributed by atoms with E-state index in [1.165, 1.54) is 4.90 Å². The first kappa shape index (κ1) is 13.0. The fourth-order valence-electron chi connectivity index (χ4n) is 1.98. The van der Waals surface area contributed by atoms with E-state index in [2.05, 4.69) is 5.32 Å². The molecule has 3 rings (SSSR count). The van der Waals surface area contributed by atoms with Crippen LogP contribution in [-0.4, -0.2) is 11.0 Å². The van der Waals surface area contributed by atoms with Crippen LogP contribution in [0.4, 0.5) is 5.69 Å². The van der Waals surface area contributed by atoms with Crippen LogP contribution in [0, 0.1) is 6.92 Å². The molecule has 1 saturated heterocycles. The lowest BCUT2D eigenvalue weighted by Crippen LogP contribution is -2.30. The van der Waals surface area contributed by atoms with Crippen molar-refractivity contribution in [1.82, 2.24) is 5.32 Å². The average Bonchev–Trinajstić information content (AvgIpc) is 3.02. The van der Waals surface area contributed by atoms with Gasteiger partial charge < -0.3 is 5.32 Å². The van der Waals surface area contributed by atoms with Crippen LogP contribution < -0.4 is 10.2 Å². The molecular weight excluding hydrogens is 288 g/mol. The molecule has 0 saturated carbocycles. The minimum atomic E-state index is -0.118. The number of benzene rings is 1. The fourth-order valence-corrected chi connectivity index (χ4v) is 2.93. The van der Waals surface area contributed by atoms with Gasteiger partial charge in [0, 0.05) is 4.88 Å². The second-order valence-corrected chi connectivity index (χ2v) is 5.85. The first-order valence-electron chi connectivity index (χ1n) is 6.12. The number of hydrogen-bond donors (Lipinski definition) is 1. The quantitative estimate of drug-likeness (QED) is 0.682. The number of nitrogens with zero attached hydrogens (tertiary/aromatic N) is 1. The predicted octanol–water partition coefficient (Wildman–Crippen LogP) is 3.32. The molecule has 0 unspecified atom stereocenters. The summed E-state index contributed by atoms with van der Waals surface area (Å²) < 4.78 is 0. The number of carbonyl (C=O) groups is 1. The van der Waals surface area contributed by atoms with Gasteiger partial charge in [0.2, 0.25) is 0 Å². The lowest BCUT2D eigenvalue weighted by atomic mass is 10.2. The second kappa shape index (κ2) is 5.19. The van der Waals surface area contributed by atoms with Crippen LogP contribution >= 0.6 is 23.6 Å². The fraction of sp³-hybridized carbons (Fsp3) is 0.0667. The molecule has 1 aliphatic rings. The summed E-state index contributed by atoms with van der Waals surface area (Å²) in [6, 6.07) is 11.6. The van der Waals surface area contributed by atoms with Crippen molar-refractivity contribution in [1.29, 1.82) is 0 Å². The van der Waals surface area contributed by atoms with Gasteiger partial charge in [0.1, 0.15) is 5.70 Å². The number of thiophene rings is 1. The largest absolute Gasteiger partial charge is 0.327 e. The molecule has 0 atom stereocenters. The highest BCUT2D eigenvalue weighted by Gasteiger charge is 2.31. The molecule has 100 valence electrons. The van der Waals surface area contributed by atoms with Gasteiger partial charge in [0.25, 0.3) is 5.91 Å². The third-order valence-corrected chi connectivity index (χ3v) is 4.10. The van der Waals surface area contributed by atoms with Crippen LogP contribution in [0.25, 0.3) is 6.08 Å². The number of aryl methyl sites for hydroxylation is 1. The van der Waals surface area contributed by atoms with Gasteiger partial charge in [0.15, 0.2) is 5.11 Å². The van der Waals surface area contributed by atoms with Gasteiger partial charge in [-0.15, -0.1) is 11.3 Å². The Morgan fingerprint density at radius 2 is 2.00 bits per heavy atom. The molecule has 2 aromatic rings. The topological polar surface area (TPSA) is 32.3 Å². The Bertz CT molecular complexity index is 687. The van der Waals surface area contributed by atoms with Gasteiger partial charge in [-0.3, -0.25) is 9.69 Å². The van der Waals surface area contributed by atoms with Crippen LogP contribution in [0.2, 0.25) is 0 Å².